The van der Waals surface area contributed by atoms with Gasteiger partial charge in [0.2, 0.25) is 5.91 Å². The third-order valence-electron chi connectivity index (χ3n) is 3.53. The third kappa shape index (κ3) is 3.05. The van der Waals surface area contributed by atoms with Gasteiger partial charge in [0.25, 0.3) is 0 Å². The first-order valence-electron chi connectivity index (χ1n) is 6.57. The number of aryl methyl sites for hydroxylation is 2. The highest BCUT2D eigenvalue weighted by atomic mass is 16.1. The molecule has 0 spiro atoms. The Labute approximate surface area is 118 Å². The van der Waals surface area contributed by atoms with Gasteiger partial charge in [0.15, 0.2) is 0 Å². The van der Waals surface area contributed by atoms with E-state index in [2.05, 4.69) is 17.3 Å². The van der Waals surface area contributed by atoms with E-state index in [1.807, 2.05) is 30.8 Å². The van der Waals surface area contributed by atoms with E-state index in [-0.39, 0.29) is 0 Å². The molecule has 0 unspecified atom stereocenters. The number of hydrogen-bond acceptors (Lipinski definition) is 3. The van der Waals surface area contributed by atoms with Gasteiger partial charge in [0, 0.05) is 37.0 Å². The van der Waals surface area contributed by atoms with E-state index in [1.165, 1.54) is 11.3 Å². The van der Waals surface area contributed by atoms with Gasteiger partial charge in [-0.1, -0.05) is 12.1 Å². The standard InChI is InChI=1S/C15H20N4O/c1-10-14(11(2)19(3)18-10)9-17-8-12-4-6-13(7-5-12)15(16)20/h4-7,17H,8-9H2,1-3H3,(H2,16,20). The summed E-state index contributed by atoms with van der Waals surface area (Å²) in [6.07, 6.45) is 0. The average molecular weight is 272 g/mol. The molecule has 0 aliphatic rings. The first-order chi connectivity index (χ1) is 9.49. The Bertz CT molecular complexity index is 614. The molecular formula is C15H20N4O. The summed E-state index contributed by atoms with van der Waals surface area (Å²) in [5.74, 6) is -0.397. The van der Waals surface area contributed by atoms with E-state index in [0.717, 1.165) is 24.3 Å². The second-order valence-corrected chi connectivity index (χ2v) is 4.94. The molecule has 0 aliphatic heterocycles. The van der Waals surface area contributed by atoms with Crippen LogP contribution in [0.15, 0.2) is 24.3 Å². The molecular weight excluding hydrogens is 252 g/mol. The SMILES string of the molecule is Cc1nn(C)c(C)c1CNCc1ccc(C(N)=O)cc1. The van der Waals surface area contributed by atoms with Gasteiger partial charge in [0.05, 0.1) is 5.69 Å². The number of benzene rings is 1. The lowest BCUT2D eigenvalue weighted by Gasteiger charge is -2.06. The summed E-state index contributed by atoms with van der Waals surface area (Å²) in [7, 11) is 1.95. The molecule has 0 atom stereocenters. The largest absolute Gasteiger partial charge is 0.366 e. The van der Waals surface area contributed by atoms with E-state index in [0.29, 0.717) is 5.56 Å². The fraction of sp³-hybridized carbons (Fsp3) is 0.333. The lowest BCUT2D eigenvalue weighted by atomic mass is 10.1. The van der Waals surface area contributed by atoms with Crippen molar-refractivity contribution in [2.24, 2.45) is 12.8 Å². The predicted octanol–water partition coefficient (Wildman–Crippen LogP) is 1.43. The van der Waals surface area contributed by atoms with Crippen LogP contribution >= 0.6 is 0 Å². The molecule has 1 aromatic carbocycles. The normalized spacial score (nSPS) is 10.8. The fourth-order valence-electron chi connectivity index (χ4n) is 2.19. The number of hydrogen-bond donors (Lipinski definition) is 2. The number of nitrogens with zero attached hydrogens (tertiary/aromatic N) is 2. The summed E-state index contributed by atoms with van der Waals surface area (Å²) >= 11 is 0. The van der Waals surface area contributed by atoms with Gasteiger partial charge in [-0.05, 0) is 31.5 Å². The molecule has 1 amide bonds. The van der Waals surface area contributed by atoms with Crippen LogP contribution in [0.25, 0.3) is 0 Å². The average Bonchev–Trinajstić information content (AvgIpc) is 2.65. The number of aromatic nitrogens is 2. The zero-order chi connectivity index (χ0) is 14.7. The number of nitrogens with two attached hydrogens (primary N) is 1. The Morgan fingerprint density at radius 2 is 1.90 bits per heavy atom. The van der Waals surface area contributed by atoms with Crippen molar-refractivity contribution in [1.82, 2.24) is 15.1 Å². The van der Waals surface area contributed by atoms with Crippen LogP contribution in [0.3, 0.4) is 0 Å². The summed E-state index contributed by atoms with van der Waals surface area (Å²) in [6.45, 7) is 5.61. The van der Waals surface area contributed by atoms with Crippen molar-refractivity contribution in [3.05, 3.63) is 52.3 Å². The maximum Gasteiger partial charge on any atom is 0.248 e. The molecule has 0 radical (unpaired) electrons. The maximum absolute atomic E-state index is 11.0. The third-order valence-corrected chi connectivity index (χ3v) is 3.53. The Morgan fingerprint density at radius 1 is 1.25 bits per heavy atom. The van der Waals surface area contributed by atoms with Crippen molar-refractivity contribution < 1.29 is 4.79 Å². The van der Waals surface area contributed by atoms with Gasteiger partial charge in [-0.25, -0.2) is 0 Å². The molecule has 1 aromatic heterocycles. The minimum atomic E-state index is -0.397. The highest BCUT2D eigenvalue weighted by Gasteiger charge is 2.08. The highest BCUT2D eigenvalue weighted by Crippen LogP contribution is 2.11. The molecule has 2 rings (SSSR count). The van der Waals surface area contributed by atoms with E-state index in [4.69, 9.17) is 5.73 Å². The molecule has 0 aliphatic carbocycles. The van der Waals surface area contributed by atoms with Crippen molar-refractivity contribution in [1.29, 1.82) is 0 Å². The first-order valence-corrected chi connectivity index (χ1v) is 6.57. The number of carbonyl (C=O) groups is 1. The van der Waals surface area contributed by atoms with Crippen LogP contribution in [0, 0.1) is 13.8 Å². The fourth-order valence-corrected chi connectivity index (χ4v) is 2.19. The predicted molar refractivity (Wildman–Crippen MR) is 78.2 cm³/mol. The second kappa shape index (κ2) is 5.88. The molecule has 3 N–H and O–H groups in total. The summed E-state index contributed by atoms with van der Waals surface area (Å²) in [4.78, 5) is 11.0. The van der Waals surface area contributed by atoms with Gasteiger partial charge < -0.3 is 11.1 Å². The minimum Gasteiger partial charge on any atom is -0.366 e. The van der Waals surface area contributed by atoms with Gasteiger partial charge in [-0.2, -0.15) is 5.10 Å². The Morgan fingerprint density at radius 3 is 2.40 bits per heavy atom. The minimum absolute atomic E-state index is 0.397. The van der Waals surface area contributed by atoms with Crippen LogP contribution < -0.4 is 11.1 Å². The number of nitrogens with one attached hydrogen (secondary N) is 1. The molecule has 5 nitrogen and oxygen atoms in total. The quantitative estimate of drug-likeness (QED) is 0.864. The molecule has 0 bridgehead atoms. The van der Waals surface area contributed by atoms with Crippen LogP contribution in [0.5, 0.6) is 0 Å². The van der Waals surface area contributed by atoms with Gasteiger partial charge in [-0.15, -0.1) is 0 Å². The molecule has 0 saturated carbocycles. The molecule has 106 valence electrons. The smallest absolute Gasteiger partial charge is 0.248 e. The zero-order valence-corrected chi connectivity index (χ0v) is 12.1. The van der Waals surface area contributed by atoms with E-state index < -0.39 is 5.91 Å². The number of amides is 1. The summed E-state index contributed by atoms with van der Waals surface area (Å²) in [6, 6.07) is 7.33. The first kappa shape index (κ1) is 14.3. The van der Waals surface area contributed by atoms with Crippen LogP contribution in [0.1, 0.15) is 32.9 Å². The molecule has 1 heterocycles. The lowest BCUT2D eigenvalue weighted by Crippen LogP contribution is -2.14. The molecule has 2 aromatic rings. The van der Waals surface area contributed by atoms with E-state index >= 15 is 0 Å². The van der Waals surface area contributed by atoms with Gasteiger partial charge >= 0.3 is 0 Å². The van der Waals surface area contributed by atoms with E-state index in [1.54, 1.807) is 12.1 Å². The summed E-state index contributed by atoms with van der Waals surface area (Å²) < 4.78 is 1.90. The van der Waals surface area contributed by atoms with Crippen molar-refractivity contribution in [3.8, 4) is 0 Å². The maximum atomic E-state index is 11.0. The topological polar surface area (TPSA) is 72.9 Å². The van der Waals surface area contributed by atoms with Crippen LogP contribution in [-0.4, -0.2) is 15.7 Å². The monoisotopic (exact) mass is 272 g/mol. The summed E-state index contributed by atoms with van der Waals surface area (Å²) in [5, 5.41) is 7.78. The van der Waals surface area contributed by atoms with Crippen LogP contribution in [0.2, 0.25) is 0 Å². The van der Waals surface area contributed by atoms with E-state index in [9.17, 15) is 4.79 Å². The number of carbonyl (C=O) groups excluding carboxylic acids is 1. The van der Waals surface area contributed by atoms with Crippen molar-refractivity contribution in [2.45, 2.75) is 26.9 Å². The molecule has 20 heavy (non-hydrogen) atoms. The Balaban J connectivity index is 1.94. The summed E-state index contributed by atoms with van der Waals surface area (Å²) in [5.41, 5.74) is 10.3. The number of primary amides is 1. The highest BCUT2D eigenvalue weighted by molar-refractivity contribution is 5.92. The second-order valence-electron chi connectivity index (χ2n) is 4.94. The molecule has 5 heteroatoms. The van der Waals surface area contributed by atoms with Crippen molar-refractivity contribution in [2.75, 3.05) is 0 Å². The van der Waals surface area contributed by atoms with Gasteiger partial charge in [0.1, 0.15) is 0 Å². The van der Waals surface area contributed by atoms with Gasteiger partial charge in [-0.3, -0.25) is 9.48 Å². The number of rotatable bonds is 5. The van der Waals surface area contributed by atoms with Crippen molar-refractivity contribution in [3.63, 3.8) is 0 Å². The van der Waals surface area contributed by atoms with Crippen molar-refractivity contribution >= 4 is 5.91 Å². The molecule has 0 fully saturated rings. The van der Waals surface area contributed by atoms with Crippen LogP contribution in [-0.2, 0) is 20.1 Å². The molecule has 0 saturated heterocycles. The van der Waals surface area contributed by atoms with Crippen LogP contribution in [0.4, 0.5) is 0 Å². The Hall–Kier alpha value is -2.14. The zero-order valence-electron chi connectivity index (χ0n) is 12.1. The Kier molecular flexibility index (Phi) is 4.20. The lowest BCUT2D eigenvalue weighted by molar-refractivity contribution is 0.100.